The predicted octanol–water partition coefficient (Wildman–Crippen LogP) is 0.764. The molecule has 0 amide bonds. The van der Waals surface area contributed by atoms with E-state index in [4.69, 9.17) is 0 Å². The van der Waals surface area contributed by atoms with E-state index in [0.717, 1.165) is 12.1 Å². The fraction of sp³-hybridized carbons (Fsp3) is 1.00. The van der Waals surface area contributed by atoms with E-state index in [-0.39, 0.29) is 0 Å². The second kappa shape index (κ2) is 5.28. The van der Waals surface area contributed by atoms with Crippen LogP contribution in [0.15, 0.2) is 0 Å². The minimum Gasteiger partial charge on any atom is -0.313 e. The van der Waals surface area contributed by atoms with Crippen LogP contribution in [0.3, 0.4) is 0 Å². The molecule has 0 aromatic rings. The van der Waals surface area contributed by atoms with Gasteiger partial charge in [-0.15, -0.1) is 0 Å². The van der Waals surface area contributed by atoms with E-state index < -0.39 is 0 Å². The van der Waals surface area contributed by atoms with E-state index in [2.05, 4.69) is 29.2 Å². The van der Waals surface area contributed by atoms with Crippen molar-refractivity contribution >= 4 is 0 Å². The fourth-order valence-electron chi connectivity index (χ4n) is 2.91. The summed E-state index contributed by atoms with van der Waals surface area (Å²) in [4.78, 5) is 5.03. The van der Waals surface area contributed by atoms with Crippen molar-refractivity contribution in [3.05, 3.63) is 0 Å². The summed E-state index contributed by atoms with van der Waals surface area (Å²) in [7, 11) is 4.54. The summed E-state index contributed by atoms with van der Waals surface area (Å²) in [5.74, 6) is 0. The average molecular weight is 211 g/mol. The van der Waals surface area contributed by atoms with Gasteiger partial charge in [-0.3, -0.25) is 0 Å². The Morgan fingerprint density at radius 1 is 1.33 bits per heavy atom. The lowest BCUT2D eigenvalue weighted by Crippen LogP contribution is -2.48. The number of nitrogens with zero attached hydrogens (tertiary/aromatic N) is 2. The molecule has 15 heavy (non-hydrogen) atoms. The highest BCUT2D eigenvalue weighted by Crippen LogP contribution is 2.15. The maximum atomic E-state index is 3.58. The minimum atomic E-state index is 0.752. The summed E-state index contributed by atoms with van der Waals surface area (Å²) in [5, 5.41) is 3.58. The lowest BCUT2D eigenvalue weighted by atomic mass is 10.0. The van der Waals surface area contributed by atoms with Crippen LogP contribution in [0.4, 0.5) is 0 Å². The molecule has 2 saturated heterocycles. The number of hydrogen-bond donors (Lipinski definition) is 1. The third kappa shape index (κ3) is 3.16. The van der Waals surface area contributed by atoms with E-state index in [1.165, 1.54) is 51.9 Å². The van der Waals surface area contributed by atoms with E-state index >= 15 is 0 Å². The third-order valence-electron chi connectivity index (χ3n) is 3.89. The SMILES string of the molecule is CN1CCCC(N(C)CC2CCCN2)C1. The summed E-state index contributed by atoms with van der Waals surface area (Å²) in [5.41, 5.74) is 0. The van der Waals surface area contributed by atoms with Crippen molar-refractivity contribution in [1.82, 2.24) is 15.1 Å². The van der Waals surface area contributed by atoms with E-state index in [1.54, 1.807) is 0 Å². The lowest BCUT2D eigenvalue weighted by molar-refractivity contribution is 0.127. The lowest BCUT2D eigenvalue weighted by Gasteiger charge is -2.37. The molecule has 0 saturated carbocycles. The van der Waals surface area contributed by atoms with Crippen molar-refractivity contribution in [2.24, 2.45) is 0 Å². The van der Waals surface area contributed by atoms with Crippen LogP contribution in [-0.2, 0) is 0 Å². The summed E-state index contributed by atoms with van der Waals surface area (Å²) in [6.07, 6.45) is 5.48. The molecule has 0 bridgehead atoms. The molecule has 1 N–H and O–H groups in total. The molecule has 0 aliphatic carbocycles. The molecule has 2 rings (SSSR count). The van der Waals surface area contributed by atoms with Crippen LogP contribution in [0.2, 0.25) is 0 Å². The standard InChI is InChI=1S/C12H25N3/c1-14-8-4-6-12(10-14)15(2)9-11-5-3-7-13-11/h11-13H,3-10H2,1-2H3. The Labute approximate surface area is 93.8 Å². The summed E-state index contributed by atoms with van der Waals surface area (Å²) < 4.78 is 0. The molecule has 0 aromatic heterocycles. The van der Waals surface area contributed by atoms with E-state index in [1.807, 2.05) is 0 Å². The van der Waals surface area contributed by atoms with Gasteiger partial charge in [-0.2, -0.15) is 0 Å². The highest BCUT2D eigenvalue weighted by molar-refractivity contribution is 4.82. The Balaban J connectivity index is 1.76. The molecule has 2 aliphatic rings. The zero-order valence-electron chi connectivity index (χ0n) is 10.2. The van der Waals surface area contributed by atoms with Crippen LogP contribution < -0.4 is 5.32 Å². The Bertz CT molecular complexity index is 189. The largest absolute Gasteiger partial charge is 0.313 e. The molecule has 2 unspecified atom stereocenters. The number of likely N-dealkylation sites (N-methyl/N-ethyl adjacent to an activating group) is 2. The Kier molecular flexibility index (Phi) is 4.00. The first-order valence-corrected chi connectivity index (χ1v) is 6.38. The van der Waals surface area contributed by atoms with Gasteiger partial charge in [0, 0.05) is 25.2 Å². The Morgan fingerprint density at radius 2 is 2.20 bits per heavy atom. The zero-order chi connectivity index (χ0) is 10.7. The highest BCUT2D eigenvalue weighted by atomic mass is 15.2. The van der Waals surface area contributed by atoms with Gasteiger partial charge in [0.2, 0.25) is 0 Å². The van der Waals surface area contributed by atoms with Crippen molar-refractivity contribution < 1.29 is 0 Å². The normalized spacial score (nSPS) is 33.8. The smallest absolute Gasteiger partial charge is 0.0221 e. The third-order valence-corrected chi connectivity index (χ3v) is 3.89. The first kappa shape index (κ1) is 11.4. The van der Waals surface area contributed by atoms with Gasteiger partial charge in [0.05, 0.1) is 0 Å². The molecule has 0 radical (unpaired) electrons. The Hall–Kier alpha value is -0.120. The van der Waals surface area contributed by atoms with Gasteiger partial charge in [0.1, 0.15) is 0 Å². The van der Waals surface area contributed by atoms with E-state index in [9.17, 15) is 0 Å². The van der Waals surface area contributed by atoms with Gasteiger partial charge in [-0.1, -0.05) is 0 Å². The van der Waals surface area contributed by atoms with Crippen LogP contribution in [0.1, 0.15) is 25.7 Å². The molecule has 0 aromatic carbocycles. The number of piperidine rings is 1. The zero-order valence-corrected chi connectivity index (χ0v) is 10.2. The molecule has 0 spiro atoms. The number of nitrogens with one attached hydrogen (secondary N) is 1. The van der Waals surface area contributed by atoms with E-state index in [0.29, 0.717) is 0 Å². The average Bonchev–Trinajstić information content (AvgIpc) is 2.70. The highest BCUT2D eigenvalue weighted by Gasteiger charge is 2.24. The van der Waals surface area contributed by atoms with Crippen LogP contribution >= 0.6 is 0 Å². The van der Waals surface area contributed by atoms with Crippen LogP contribution in [0.5, 0.6) is 0 Å². The molecule has 2 aliphatic heterocycles. The van der Waals surface area contributed by atoms with Crippen molar-refractivity contribution in [2.75, 3.05) is 40.3 Å². The predicted molar refractivity (Wildman–Crippen MR) is 64.2 cm³/mol. The van der Waals surface area contributed by atoms with Gasteiger partial charge in [0.25, 0.3) is 0 Å². The minimum absolute atomic E-state index is 0.752. The maximum absolute atomic E-state index is 3.58. The second-order valence-corrected chi connectivity index (χ2v) is 5.29. The Morgan fingerprint density at radius 3 is 2.87 bits per heavy atom. The van der Waals surface area contributed by atoms with Gasteiger partial charge in [-0.25, -0.2) is 0 Å². The van der Waals surface area contributed by atoms with Crippen LogP contribution in [-0.4, -0.2) is 62.2 Å². The maximum Gasteiger partial charge on any atom is 0.0221 e. The quantitative estimate of drug-likeness (QED) is 0.744. The van der Waals surface area contributed by atoms with Crippen molar-refractivity contribution in [3.63, 3.8) is 0 Å². The summed E-state index contributed by atoms with van der Waals surface area (Å²) >= 11 is 0. The molecular formula is C12H25N3. The number of hydrogen-bond acceptors (Lipinski definition) is 3. The molecule has 2 fully saturated rings. The monoisotopic (exact) mass is 211 g/mol. The topological polar surface area (TPSA) is 18.5 Å². The molecule has 88 valence electrons. The van der Waals surface area contributed by atoms with Gasteiger partial charge in [-0.05, 0) is 52.9 Å². The fourth-order valence-corrected chi connectivity index (χ4v) is 2.91. The molecule has 3 heteroatoms. The molecule has 2 heterocycles. The van der Waals surface area contributed by atoms with Crippen molar-refractivity contribution in [3.8, 4) is 0 Å². The summed E-state index contributed by atoms with van der Waals surface area (Å²) in [6.45, 7) is 5.00. The molecule has 2 atom stereocenters. The number of likely N-dealkylation sites (tertiary alicyclic amines) is 1. The van der Waals surface area contributed by atoms with Crippen LogP contribution in [0, 0.1) is 0 Å². The first-order valence-electron chi connectivity index (χ1n) is 6.38. The van der Waals surface area contributed by atoms with Crippen molar-refractivity contribution in [1.29, 1.82) is 0 Å². The summed E-state index contributed by atoms with van der Waals surface area (Å²) in [6, 6.07) is 1.54. The van der Waals surface area contributed by atoms with Gasteiger partial charge in [0.15, 0.2) is 0 Å². The van der Waals surface area contributed by atoms with Gasteiger partial charge >= 0.3 is 0 Å². The number of rotatable bonds is 3. The second-order valence-electron chi connectivity index (χ2n) is 5.29. The first-order chi connectivity index (χ1) is 7.25. The molecule has 3 nitrogen and oxygen atoms in total. The van der Waals surface area contributed by atoms with Gasteiger partial charge < -0.3 is 15.1 Å². The molecular weight excluding hydrogens is 186 g/mol. The van der Waals surface area contributed by atoms with Crippen LogP contribution in [0.25, 0.3) is 0 Å². The van der Waals surface area contributed by atoms with Crippen molar-refractivity contribution in [2.45, 2.75) is 37.8 Å².